The van der Waals surface area contributed by atoms with Crippen LogP contribution in [-0.2, 0) is 4.79 Å². The summed E-state index contributed by atoms with van der Waals surface area (Å²) >= 11 is 1.84. The molecule has 0 fully saturated rings. The van der Waals surface area contributed by atoms with Gasteiger partial charge in [0.05, 0.1) is 11.5 Å². The van der Waals surface area contributed by atoms with Crippen molar-refractivity contribution in [2.45, 2.75) is 51.2 Å². The van der Waals surface area contributed by atoms with Gasteiger partial charge < -0.3 is 4.42 Å². The molecule has 1 aromatic rings. The number of Topliss-reactive ketones (excluding diaryl/α,β-unsaturated/α-hetero) is 1. The first-order chi connectivity index (χ1) is 8.24. The molecular formula is C14H22O2S. The van der Waals surface area contributed by atoms with E-state index < -0.39 is 0 Å². The summed E-state index contributed by atoms with van der Waals surface area (Å²) in [7, 11) is 0. The van der Waals surface area contributed by atoms with Gasteiger partial charge in [-0.2, -0.15) is 0 Å². The van der Waals surface area contributed by atoms with Crippen molar-refractivity contribution in [2.24, 2.45) is 0 Å². The van der Waals surface area contributed by atoms with Crippen molar-refractivity contribution in [3.63, 3.8) is 0 Å². The number of ketones is 1. The van der Waals surface area contributed by atoms with E-state index in [2.05, 4.69) is 6.92 Å². The van der Waals surface area contributed by atoms with Crippen molar-refractivity contribution < 1.29 is 9.21 Å². The fraction of sp³-hybridized carbons (Fsp3) is 0.643. The number of carbonyl (C=O) groups is 1. The minimum Gasteiger partial charge on any atom is -0.468 e. The first-order valence-corrected chi connectivity index (χ1v) is 7.43. The van der Waals surface area contributed by atoms with E-state index in [-0.39, 0.29) is 11.0 Å². The molecule has 0 aliphatic heterocycles. The van der Waals surface area contributed by atoms with Crippen molar-refractivity contribution in [2.75, 3.05) is 5.75 Å². The Bertz CT molecular complexity index is 306. The largest absolute Gasteiger partial charge is 0.468 e. The average Bonchev–Trinajstić information content (AvgIpc) is 2.80. The van der Waals surface area contributed by atoms with Gasteiger partial charge in [0.1, 0.15) is 11.5 Å². The topological polar surface area (TPSA) is 30.2 Å². The van der Waals surface area contributed by atoms with Gasteiger partial charge in [-0.3, -0.25) is 4.79 Å². The molecule has 17 heavy (non-hydrogen) atoms. The van der Waals surface area contributed by atoms with Crippen molar-refractivity contribution >= 4 is 17.5 Å². The Morgan fingerprint density at radius 2 is 2.24 bits per heavy atom. The molecular weight excluding hydrogens is 232 g/mol. The molecule has 1 heterocycles. The first-order valence-electron chi connectivity index (χ1n) is 6.38. The lowest BCUT2D eigenvalue weighted by Gasteiger charge is -2.12. The van der Waals surface area contributed by atoms with Gasteiger partial charge in [-0.1, -0.05) is 26.2 Å². The first kappa shape index (κ1) is 14.4. The third-order valence-electron chi connectivity index (χ3n) is 2.65. The van der Waals surface area contributed by atoms with E-state index in [0.29, 0.717) is 6.42 Å². The van der Waals surface area contributed by atoms with Crippen molar-refractivity contribution in [3.05, 3.63) is 24.2 Å². The predicted molar refractivity (Wildman–Crippen MR) is 73.3 cm³/mol. The third kappa shape index (κ3) is 5.97. The van der Waals surface area contributed by atoms with Crippen LogP contribution < -0.4 is 0 Å². The van der Waals surface area contributed by atoms with Gasteiger partial charge in [0.2, 0.25) is 0 Å². The Kier molecular flexibility index (Phi) is 7.10. The molecule has 2 nitrogen and oxygen atoms in total. The number of thioether (sulfide) groups is 1. The summed E-state index contributed by atoms with van der Waals surface area (Å²) in [5, 5.41) is 0.198. The zero-order valence-electron chi connectivity index (χ0n) is 10.8. The van der Waals surface area contributed by atoms with Gasteiger partial charge in [-0.25, -0.2) is 0 Å². The maximum Gasteiger partial charge on any atom is 0.131 e. The molecule has 1 aromatic heterocycles. The molecule has 1 unspecified atom stereocenters. The Balaban J connectivity index is 2.34. The predicted octanol–water partition coefficient (Wildman–Crippen LogP) is 4.61. The highest BCUT2D eigenvalue weighted by molar-refractivity contribution is 7.99. The van der Waals surface area contributed by atoms with Crippen LogP contribution in [0.5, 0.6) is 0 Å². The van der Waals surface area contributed by atoms with Crippen LogP contribution in [0, 0.1) is 0 Å². The van der Waals surface area contributed by atoms with Crippen molar-refractivity contribution in [1.29, 1.82) is 0 Å². The van der Waals surface area contributed by atoms with E-state index in [9.17, 15) is 4.79 Å². The minimum atomic E-state index is 0.198. The fourth-order valence-electron chi connectivity index (χ4n) is 1.73. The monoisotopic (exact) mass is 254 g/mol. The van der Waals surface area contributed by atoms with E-state index >= 15 is 0 Å². The summed E-state index contributed by atoms with van der Waals surface area (Å²) < 4.78 is 5.40. The highest BCUT2D eigenvalue weighted by atomic mass is 32.2. The van der Waals surface area contributed by atoms with Gasteiger partial charge >= 0.3 is 0 Å². The van der Waals surface area contributed by atoms with E-state index in [0.717, 1.165) is 11.5 Å². The molecule has 1 atom stereocenters. The summed E-state index contributed by atoms with van der Waals surface area (Å²) in [5.41, 5.74) is 0. The SMILES string of the molecule is CCCCCCSC(CC(C)=O)c1ccco1. The molecule has 96 valence electrons. The zero-order valence-corrected chi connectivity index (χ0v) is 11.6. The number of hydrogen-bond acceptors (Lipinski definition) is 3. The lowest BCUT2D eigenvalue weighted by Crippen LogP contribution is -2.01. The Morgan fingerprint density at radius 1 is 1.41 bits per heavy atom. The van der Waals surface area contributed by atoms with E-state index in [4.69, 9.17) is 4.42 Å². The van der Waals surface area contributed by atoms with Crippen LogP contribution in [0.1, 0.15) is 57.0 Å². The van der Waals surface area contributed by atoms with Crippen LogP contribution in [0.25, 0.3) is 0 Å². The normalized spacial score (nSPS) is 12.6. The summed E-state index contributed by atoms with van der Waals surface area (Å²) in [5.74, 6) is 2.27. The number of carbonyl (C=O) groups excluding carboxylic acids is 1. The molecule has 0 saturated heterocycles. The van der Waals surface area contributed by atoms with Gasteiger partial charge in [-0.05, 0) is 31.2 Å². The summed E-state index contributed by atoms with van der Waals surface area (Å²) in [6.45, 7) is 3.86. The molecule has 0 N–H and O–H groups in total. The van der Waals surface area contributed by atoms with Crippen LogP contribution >= 0.6 is 11.8 Å². The van der Waals surface area contributed by atoms with Gasteiger partial charge in [0.15, 0.2) is 0 Å². The van der Waals surface area contributed by atoms with Crippen molar-refractivity contribution in [1.82, 2.24) is 0 Å². The quantitative estimate of drug-likeness (QED) is 0.603. The number of furan rings is 1. The number of unbranched alkanes of at least 4 members (excludes halogenated alkanes) is 3. The van der Waals surface area contributed by atoms with Crippen LogP contribution in [0.3, 0.4) is 0 Å². The highest BCUT2D eigenvalue weighted by Crippen LogP contribution is 2.33. The Hall–Kier alpha value is -0.700. The molecule has 0 bridgehead atoms. The molecule has 0 saturated carbocycles. The van der Waals surface area contributed by atoms with Crippen LogP contribution in [0.2, 0.25) is 0 Å². The van der Waals surface area contributed by atoms with Crippen LogP contribution in [0.15, 0.2) is 22.8 Å². The second kappa shape index (κ2) is 8.40. The summed E-state index contributed by atoms with van der Waals surface area (Å²) in [6, 6.07) is 3.85. The summed E-state index contributed by atoms with van der Waals surface area (Å²) in [4.78, 5) is 11.2. The smallest absolute Gasteiger partial charge is 0.131 e. The molecule has 3 heteroatoms. The Morgan fingerprint density at radius 3 is 2.82 bits per heavy atom. The maximum absolute atomic E-state index is 11.2. The molecule has 0 aliphatic carbocycles. The highest BCUT2D eigenvalue weighted by Gasteiger charge is 2.16. The number of rotatable bonds is 9. The van der Waals surface area contributed by atoms with Gasteiger partial charge in [0, 0.05) is 6.42 Å². The fourth-order valence-corrected chi connectivity index (χ4v) is 3.04. The van der Waals surface area contributed by atoms with Crippen molar-refractivity contribution in [3.8, 4) is 0 Å². The second-order valence-corrected chi connectivity index (χ2v) is 5.65. The molecule has 0 aliphatic rings. The lowest BCUT2D eigenvalue weighted by molar-refractivity contribution is -0.117. The number of hydrogen-bond donors (Lipinski definition) is 0. The average molecular weight is 254 g/mol. The molecule has 0 radical (unpaired) electrons. The van der Waals surface area contributed by atoms with E-state index in [1.54, 1.807) is 13.2 Å². The van der Waals surface area contributed by atoms with E-state index in [1.165, 1.54) is 25.7 Å². The molecule has 1 rings (SSSR count). The maximum atomic E-state index is 11.2. The van der Waals surface area contributed by atoms with Gasteiger partial charge in [0.25, 0.3) is 0 Å². The lowest BCUT2D eigenvalue weighted by atomic mass is 10.2. The zero-order chi connectivity index (χ0) is 12.5. The summed E-state index contributed by atoms with van der Waals surface area (Å²) in [6.07, 6.45) is 7.34. The van der Waals surface area contributed by atoms with E-state index in [1.807, 2.05) is 23.9 Å². The minimum absolute atomic E-state index is 0.198. The third-order valence-corrected chi connectivity index (χ3v) is 3.98. The van der Waals surface area contributed by atoms with Crippen LogP contribution in [-0.4, -0.2) is 11.5 Å². The van der Waals surface area contributed by atoms with Gasteiger partial charge in [-0.15, -0.1) is 11.8 Å². The Labute approximate surface area is 108 Å². The molecule has 0 aromatic carbocycles. The molecule has 0 spiro atoms. The molecule has 0 amide bonds. The standard InChI is InChI=1S/C14H22O2S/c1-3-4-5-6-10-17-14(11-12(2)15)13-8-7-9-16-13/h7-9,14H,3-6,10-11H2,1-2H3. The van der Waals surface area contributed by atoms with Crippen LogP contribution in [0.4, 0.5) is 0 Å². The second-order valence-electron chi connectivity index (χ2n) is 4.34.